The van der Waals surface area contributed by atoms with Crippen LogP contribution in [-0.2, 0) is 12.8 Å². The first-order valence-electron chi connectivity index (χ1n) is 4.53. The van der Waals surface area contributed by atoms with Crippen LogP contribution < -0.4 is 6.15 Å². The van der Waals surface area contributed by atoms with Crippen molar-refractivity contribution in [3.63, 3.8) is 0 Å². The van der Waals surface area contributed by atoms with E-state index in [2.05, 4.69) is 28.8 Å². The van der Waals surface area contributed by atoms with Crippen molar-refractivity contribution in [3.8, 4) is 0 Å². The van der Waals surface area contributed by atoms with E-state index < -0.39 is 0 Å². The zero-order chi connectivity index (χ0) is 8.81. The molecule has 1 heterocycles. The summed E-state index contributed by atoms with van der Waals surface area (Å²) in [6.07, 6.45) is 5.71. The third-order valence-corrected chi connectivity index (χ3v) is 1.62. The Morgan fingerprint density at radius 2 is 1.46 bits per heavy atom. The van der Waals surface area contributed by atoms with Crippen molar-refractivity contribution in [1.29, 1.82) is 0 Å². The number of hydrogen-bond donors (Lipinski definition) is 1. The Kier molecular flexibility index (Phi) is 5.97. The van der Waals surface area contributed by atoms with E-state index in [1.807, 2.05) is 0 Å². The van der Waals surface area contributed by atoms with E-state index in [1.54, 1.807) is 6.33 Å². The van der Waals surface area contributed by atoms with Crippen LogP contribution in [0.15, 0.2) is 6.33 Å². The van der Waals surface area contributed by atoms with Gasteiger partial charge in [0.2, 0.25) is 0 Å². The molecule has 0 saturated carbocycles. The molecule has 0 aliphatic carbocycles. The van der Waals surface area contributed by atoms with E-state index in [1.165, 1.54) is 0 Å². The molecule has 0 atom stereocenters. The monoisotopic (exact) mass is 182 g/mol. The summed E-state index contributed by atoms with van der Waals surface area (Å²) in [7, 11) is 0. The van der Waals surface area contributed by atoms with E-state index in [0.717, 1.165) is 37.3 Å². The predicted molar refractivity (Wildman–Crippen MR) is 52.8 cm³/mol. The second kappa shape index (κ2) is 6.48. The zero-order valence-electron chi connectivity index (χ0n) is 8.45. The molecule has 0 bridgehead atoms. The Morgan fingerprint density at radius 1 is 1.00 bits per heavy atom. The molecule has 4 nitrogen and oxygen atoms in total. The smallest absolute Gasteiger partial charge is 0.132 e. The molecule has 0 aliphatic rings. The van der Waals surface area contributed by atoms with Crippen molar-refractivity contribution in [1.82, 2.24) is 21.1 Å². The van der Waals surface area contributed by atoms with Gasteiger partial charge in [-0.1, -0.05) is 13.8 Å². The molecule has 3 N–H and O–H groups in total. The molecule has 0 radical (unpaired) electrons. The van der Waals surface area contributed by atoms with Crippen molar-refractivity contribution < 1.29 is 0 Å². The summed E-state index contributed by atoms with van der Waals surface area (Å²) in [6.45, 7) is 4.26. The Morgan fingerprint density at radius 3 is 1.85 bits per heavy atom. The third kappa shape index (κ3) is 3.94. The van der Waals surface area contributed by atoms with Gasteiger partial charge in [0.15, 0.2) is 0 Å². The topological polar surface area (TPSA) is 73.7 Å². The minimum absolute atomic E-state index is 0. The van der Waals surface area contributed by atoms with Crippen molar-refractivity contribution in [2.24, 2.45) is 0 Å². The van der Waals surface area contributed by atoms with Crippen LogP contribution in [0, 0.1) is 0 Å². The fourth-order valence-corrected chi connectivity index (χ4v) is 1.06. The first-order valence-corrected chi connectivity index (χ1v) is 4.53. The van der Waals surface area contributed by atoms with Crippen molar-refractivity contribution in [2.75, 3.05) is 0 Å². The van der Waals surface area contributed by atoms with Crippen LogP contribution in [0.1, 0.15) is 38.3 Å². The fourth-order valence-electron chi connectivity index (χ4n) is 1.06. The molecular formula is C9H18N4. The van der Waals surface area contributed by atoms with Crippen LogP contribution in [-0.4, -0.2) is 15.0 Å². The second-order valence-electron chi connectivity index (χ2n) is 2.82. The maximum absolute atomic E-state index is 4.33. The van der Waals surface area contributed by atoms with Crippen LogP contribution in [0.5, 0.6) is 0 Å². The molecule has 4 heteroatoms. The highest BCUT2D eigenvalue weighted by Crippen LogP contribution is 1.97. The summed E-state index contributed by atoms with van der Waals surface area (Å²) in [5.74, 6) is 1.85. The van der Waals surface area contributed by atoms with Gasteiger partial charge in [0, 0.05) is 12.8 Å². The molecule has 13 heavy (non-hydrogen) atoms. The van der Waals surface area contributed by atoms with E-state index in [4.69, 9.17) is 0 Å². The lowest BCUT2D eigenvalue weighted by atomic mass is 10.3. The maximum atomic E-state index is 4.33. The number of nitrogens with zero attached hydrogens (tertiary/aromatic N) is 3. The van der Waals surface area contributed by atoms with Gasteiger partial charge in [-0.2, -0.15) is 0 Å². The summed E-state index contributed by atoms with van der Waals surface area (Å²) >= 11 is 0. The minimum atomic E-state index is 0. The molecule has 1 aromatic heterocycles. The molecule has 0 unspecified atom stereocenters. The highest BCUT2D eigenvalue weighted by molar-refractivity contribution is 4.90. The third-order valence-electron chi connectivity index (χ3n) is 1.62. The Hall–Kier alpha value is -1.03. The second-order valence-corrected chi connectivity index (χ2v) is 2.82. The zero-order valence-corrected chi connectivity index (χ0v) is 8.45. The van der Waals surface area contributed by atoms with E-state index in [-0.39, 0.29) is 6.15 Å². The van der Waals surface area contributed by atoms with Gasteiger partial charge in [-0.3, -0.25) is 0 Å². The Labute approximate surface area is 79.4 Å². The molecule has 74 valence electrons. The van der Waals surface area contributed by atoms with Gasteiger partial charge in [-0.05, 0) is 12.8 Å². The van der Waals surface area contributed by atoms with Crippen molar-refractivity contribution in [2.45, 2.75) is 39.5 Å². The van der Waals surface area contributed by atoms with E-state index in [0.29, 0.717) is 0 Å². The van der Waals surface area contributed by atoms with Gasteiger partial charge in [-0.15, -0.1) is 0 Å². The Balaban J connectivity index is 0.00000144. The predicted octanol–water partition coefficient (Wildman–Crippen LogP) is 1.94. The molecule has 0 aliphatic heterocycles. The van der Waals surface area contributed by atoms with E-state index in [9.17, 15) is 0 Å². The number of aromatic nitrogens is 3. The summed E-state index contributed by atoms with van der Waals surface area (Å²) in [5, 5.41) is 0. The molecule has 0 spiro atoms. The maximum Gasteiger partial charge on any atom is 0.132 e. The number of hydrogen-bond acceptors (Lipinski definition) is 4. The summed E-state index contributed by atoms with van der Waals surface area (Å²) < 4.78 is 0. The van der Waals surface area contributed by atoms with Gasteiger partial charge in [0.1, 0.15) is 18.0 Å². The highest BCUT2D eigenvalue weighted by Gasteiger charge is 1.97. The lowest BCUT2D eigenvalue weighted by molar-refractivity contribution is 0.753. The van der Waals surface area contributed by atoms with Crippen LogP contribution >= 0.6 is 0 Å². The molecule has 0 amide bonds. The number of rotatable bonds is 4. The molecule has 1 rings (SSSR count). The van der Waals surface area contributed by atoms with Gasteiger partial charge in [0.25, 0.3) is 0 Å². The highest BCUT2D eigenvalue weighted by atomic mass is 15.0. The first kappa shape index (κ1) is 12.0. The fraction of sp³-hybridized carbons (Fsp3) is 0.667. The average molecular weight is 182 g/mol. The van der Waals surface area contributed by atoms with Gasteiger partial charge >= 0.3 is 0 Å². The number of aryl methyl sites for hydroxylation is 2. The standard InChI is InChI=1S/C9H15N3.H3N/c1-3-5-8-10-7-11-9(12-8)6-4-2;/h7H,3-6H2,1-2H3;1H3. The molecular weight excluding hydrogens is 164 g/mol. The van der Waals surface area contributed by atoms with Crippen molar-refractivity contribution >= 4 is 0 Å². The summed E-state index contributed by atoms with van der Waals surface area (Å²) in [4.78, 5) is 12.5. The van der Waals surface area contributed by atoms with Gasteiger partial charge in [0.05, 0.1) is 0 Å². The lowest BCUT2D eigenvalue weighted by Gasteiger charge is -1.99. The largest absolute Gasteiger partial charge is 0.344 e. The molecule has 0 fully saturated rings. The normalized spacial score (nSPS) is 9.38. The van der Waals surface area contributed by atoms with Crippen LogP contribution in [0.4, 0.5) is 0 Å². The quantitative estimate of drug-likeness (QED) is 0.772. The summed E-state index contributed by atoms with van der Waals surface area (Å²) in [6, 6.07) is 0. The summed E-state index contributed by atoms with van der Waals surface area (Å²) in [5.41, 5.74) is 0. The lowest BCUT2D eigenvalue weighted by Crippen LogP contribution is -2.01. The van der Waals surface area contributed by atoms with Crippen LogP contribution in [0.2, 0.25) is 0 Å². The van der Waals surface area contributed by atoms with Crippen LogP contribution in [0.25, 0.3) is 0 Å². The molecule has 0 aromatic carbocycles. The minimum Gasteiger partial charge on any atom is -0.344 e. The SMILES string of the molecule is CCCc1ncnc(CCC)n1.N. The molecule has 1 aromatic rings. The van der Waals surface area contributed by atoms with E-state index >= 15 is 0 Å². The van der Waals surface area contributed by atoms with Gasteiger partial charge in [-0.25, -0.2) is 15.0 Å². The average Bonchev–Trinajstić information content (AvgIpc) is 2.06. The van der Waals surface area contributed by atoms with Gasteiger partial charge < -0.3 is 6.15 Å². The molecule has 0 saturated heterocycles. The van der Waals surface area contributed by atoms with Crippen molar-refractivity contribution in [3.05, 3.63) is 18.0 Å². The Bertz CT molecular complexity index is 216. The van der Waals surface area contributed by atoms with Crippen LogP contribution in [0.3, 0.4) is 0 Å². The first-order chi connectivity index (χ1) is 5.86.